The van der Waals surface area contributed by atoms with Crippen LogP contribution in [0, 0.1) is 12.7 Å². The second kappa shape index (κ2) is 6.38. The largest absolute Gasteiger partial charge is 0.493 e. The van der Waals surface area contributed by atoms with E-state index < -0.39 is 0 Å². The number of halogens is 1. The number of hydrogen-bond acceptors (Lipinski definition) is 7. The van der Waals surface area contributed by atoms with Crippen molar-refractivity contribution in [2.75, 3.05) is 18.5 Å². The highest BCUT2D eigenvalue weighted by atomic mass is 19.1. The van der Waals surface area contributed by atoms with Crippen molar-refractivity contribution in [1.82, 2.24) is 24.6 Å². The van der Waals surface area contributed by atoms with Crippen molar-refractivity contribution < 1.29 is 13.9 Å². The summed E-state index contributed by atoms with van der Waals surface area (Å²) < 4.78 is 28.5. The van der Waals surface area contributed by atoms with Crippen LogP contribution in [0.4, 0.5) is 10.2 Å². The van der Waals surface area contributed by atoms with E-state index in [-0.39, 0.29) is 11.7 Å². The minimum absolute atomic E-state index is 0.0423. The van der Waals surface area contributed by atoms with E-state index in [4.69, 9.17) is 9.47 Å². The van der Waals surface area contributed by atoms with Gasteiger partial charge in [-0.2, -0.15) is 0 Å². The molecule has 0 bridgehead atoms. The number of benzene rings is 1. The number of rotatable bonds is 1. The van der Waals surface area contributed by atoms with E-state index in [1.807, 2.05) is 17.4 Å². The summed E-state index contributed by atoms with van der Waals surface area (Å²) in [4.78, 5) is 8.51. The lowest BCUT2D eigenvalue weighted by Gasteiger charge is -2.16. The fourth-order valence-electron chi connectivity index (χ4n) is 4.24. The van der Waals surface area contributed by atoms with Crippen LogP contribution < -0.4 is 14.8 Å². The molecular formula is C21H17FN6O2. The van der Waals surface area contributed by atoms with Crippen LogP contribution in [0.3, 0.4) is 0 Å². The molecule has 1 N–H and O–H groups in total. The summed E-state index contributed by atoms with van der Waals surface area (Å²) in [6.45, 7) is 3.08. The molecule has 0 aliphatic carbocycles. The molecule has 0 radical (unpaired) electrons. The van der Waals surface area contributed by atoms with Crippen molar-refractivity contribution in [3.63, 3.8) is 0 Å². The summed E-state index contributed by atoms with van der Waals surface area (Å²) in [5, 5.41) is 11.7. The van der Waals surface area contributed by atoms with Crippen molar-refractivity contribution >= 4 is 11.5 Å². The van der Waals surface area contributed by atoms with Crippen LogP contribution in [0.2, 0.25) is 0 Å². The van der Waals surface area contributed by atoms with Gasteiger partial charge in [0.25, 0.3) is 0 Å². The van der Waals surface area contributed by atoms with Crippen LogP contribution in [0.1, 0.15) is 22.6 Å². The van der Waals surface area contributed by atoms with Gasteiger partial charge in [0.1, 0.15) is 24.2 Å². The molecule has 2 aliphatic heterocycles. The second-order valence-electron chi connectivity index (χ2n) is 7.46. The van der Waals surface area contributed by atoms with Gasteiger partial charge in [-0.15, -0.1) is 10.2 Å². The van der Waals surface area contributed by atoms with E-state index in [9.17, 15) is 4.39 Å². The highest BCUT2D eigenvalue weighted by molar-refractivity contribution is 5.81. The molecule has 0 saturated heterocycles. The van der Waals surface area contributed by atoms with Crippen molar-refractivity contribution in [2.45, 2.75) is 19.4 Å². The smallest absolute Gasteiger partial charge is 0.171 e. The molecule has 3 aromatic heterocycles. The number of nitrogens with zero attached hydrogens (tertiary/aromatic N) is 5. The van der Waals surface area contributed by atoms with Crippen LogP contribution in [-0.4, -0.2) is 37.8 Å². The molecule has 8 nitrogen and oxygen atoms in total. The lowest BCUT2D eigenvalue weighted by molar-refractivity contribution is 0.249. The van der Waals surface area contributed by atoms with E-state index in [1.165, 1.54) is 12.4 Å². The molecule has 1 aromatic carbocycles. The summed E-state index contributed by atoms with van der Waals surface area (Å²) >= 11 is 0. The van der Waals surface area contributed by atoms with Gasteiger partial charge in [0.2, 0.25) is 0 Å². The van der Waals surface area contributed by atoms with Gasteiger partial charge < -0.3 is 14.8 Å². The SMILES string of the molecule is Cc1cncnc1-c1cc2c(n3cnnc13)NCc1c(F)ccc3c1[C@@H](CO3)CO2. The Morgan fingerprint density at radius 1 is 1.20 bits per heavy atom. The Morgan fingerprint density at radius 3 is 2.93 bits per heavy atom. The molecule has 150 valence electrons. The maximum atomic E-state index is 14.7. The zero-order chi connectivity index (χ0) is 20.2. The number of hydrogen-bond donors (Lipinski definition) is 1. The van der Waals surface area contributed by atoms with Crippen LogP contribution >= 0.6 is 0 Å². The van der Waals surface area contributed by atoms with Crippen molar-refractivity contribution in [3.8, 4) is 22.8 Å². The molecule has 5 heterocycles. The predicted molar refractivity (Wildman–Crippen MR) is 106 cm³/mol. The summed E-state index contributed by atoms with van der Waals surface area (Å²) in [5.74, 6) is 1.72. The van der Waals surface area contributed by atoms with E-state index in [1.54, 1.807) is 18.6 Å². The molecule has 9 heteroatoms. The van der Waals surface area contributed by atoms with Gasteiger partial charge in [-0.3, -0.25) is 4.40 Å². The first-order chi connectivity index (χ1) is 14.7. The Bertz CT molecular complexity index is 1300. The number of pyridine rings is 1. The molecule has 0 unspecified atom stereocenters. The van der Waals surface area contributed by atoms with E-state index in [2.05, 4.69) is 25.5 Å². The first-order valence-electron chi connectivity index (χ1n) is 9.65. The standard InChI is InChI=1S/C21H17FN6O2/c1-11-5-23-9-25-19(11)13-4-17-21(28-10-26-27-20(13)28)24-6-14-15(22)2-3-16-18(14)12(7-29-16)8-30-17/h2-5,9-10,12,24H,6-8H2,1H3/t12-/m0/s1. The normalized spacial score (nSPS) is 17.1. The molecule has 1 atom stereocenters. The fourth-order valence-corrected chi connectivity index (χ4v) is 4.24. The average Bonchev–Trinajstić information content (AvgIpc) is 3.40. The summed E-state index contributed by atoms with van der Waals surface area (Å²) in [6, 6.07) is 5.05. The van der Waals surface area contributed by atoms with E-state index in [0.29, 0.717) is 42.5 Å². The first kappa shape index (κ1) is 17.1. The molecule has 2 aliphatic rings. The van der Waals surface area contributed by atoms with Gasteiger partial charge in [0.05, 0.1) is 24.8 Å². The number of aryl methyl sites for hydroxylation is 1. The van der Waals surface area contributed by atoms with Crippen molar-refractivity contribution in [2.24, 2.45) is 0 Å². The fraction of sp³-hybridized carbons (Fsp3) is 0.238. The Balaban J connectivity index is 1.54. The molecule has 6 rings (SSSR count). The monoisotopic (exact) mass is 404 g/mol. The highest BCUT2D eigenvalue weighted by Gasteiger charge is 2.31. The maximum absolute atomic E-state index is 14.7. The summed E-state index contributed by atoms with van der Waals surface area (Å²) in [7, 11) is 0. The van der Waals surface area contributed by atoms with E-state index >= 15 is 0 Å². The average molecular weight is 404 g/mol. The van der Waals surface area contributed by atoms with Crippen LogP contribution in [0.25, 0.3) is 16.9 Å². The third-order valence-corrected chi connectivity index (χ3v) is 5.67. The molecule has 0 saturated carbocycles. The number of aromatic nitrogens is 5. The van der Waals surface area contributed by atoms with Crippen molar-refractivity contribution in [1.29, 1.82) is 0 Å². The van der Waals surface area contributed by atoms with Crippen LogP contribution in [0.5, 0.6) is 11.5 Å². The molecule has 4 aromatic rings. The highest BCUT2D eigenvalue weighted by Crippen LogP contribution is 2.41. The third-order valence-electron chi connectivity index (χ3n) is 5.67. The molecular weight excluding hydrogens is 387 g/mol. The van der Waals surface area contributed by atoms with Crippen molar-refractivity contribution in [3.05, 3.63) is 59.6 Å². The minimum atomic E-state index is -0.256. The Kier molecular flexibility index (Phi) is 3.64. The number of fused-ring (bicyclic) bond motifs is 3. The van der Waals surface area contributed by atoms with E-state index in [0.717, 1.165) is 28.1 Å². The van der Waals surface area contributed by atoms with Crippen LogP contribution in [0.15, 0.2) is 37.1 Å². The zero-order valence-corrected chi connectivity index (χ0v) is 16.1. The Labute approximate surface area is 170 Å². The molecule has 30 heavy (non-hydrogen) atoms. The third kappa shape index (κ3) is 2.44. The van der Waals surface area contributed by atoms with Gasteiger partial charge in [-0.1, -0.05) is 0 Å². The Morgan fingerprint density at radius 2 is 2.07 bits per heavy atom. The molecule has 0 fully saturated rings. The minimum Gasteiger partial charge on any atom is -0.493 e. The first-order valence-corrected chi connectivity index (χ1v) is 9.65. The topological polar surface area (TPSA) is 86.5 Å². The molecule has 0 amide bonds. The zero-order valence-electron chi connectivity index (χ0n) is 16.1. The van der Waals surface area contributed by atoms with Gasteiger partial charge >= 0.3 is 0 Å². The van der Waals surface area contributed by atoms with Gasteiger partial charge in [0, 0.05) is 29.4 Å². The van der Waals surface area contributed by atoms with Gasteiger partial charge in [0.15, 0.2) is 17.2 Å². The lowest BCUT2D eigenvalue weighted by atomic mass is 9.96. The number of nitrogens with one attached hydrogen (secondary N) is 1. The summed E-state index contributed by atoms with van der Waals surface area (Å²) in [5.41, 5.74) is 4.58. The number of anilines is 1. The quantitative estimate of drug-likeness (QED) is 0.522. The summed E-state index contributed by atoms with van der Waals surface area (Å²) in [6.07, 6.45) is 4.88. The Hall–Kier alpha value is -3.75. The maximum Gasteiger partial charge on any atom is 0.171 e. The lowest BCUT2D eigenvalue weighted by Crippen LogP contribution is -2.13. The van der Waals surface area contributed by atoms with Crippen LogP contribution in [-0.2, 0) is 6.54 Å². The number of ether oxygens (including phenoxy) is 2. The predicted octanol–water partition coefficient (Wildman–Crippen LogP) is 3.11. The van der Waals surface area contributed by atoms with Gasteiger partial charge in [-0.25, -0.2) is 14.4 Å². The molecule has 0 spiro atoms. The second-order valence-corrected chi connectivity index (χ2v) is 7.46. The van der Waals surface area contributed by atoms with Gasteiger partial charge in [-0.05, 0) is 30.7 Å².